The van der Waals surface area contributed by atoms with Crippen LogP contribution in [-0.2, 0) is 14.8 Å². The fourth-order valence-corrected chi connectivity index (χ4v) is 6.32. The summed E-state index contributed by atoms with van der Waals surface area (Å²) >= 11 is 6.05. The van der Waals surface area contributed by atoms with E-state index in [0.29, 0.717) is 25.1 Å². The molecule has 4 rings (SSSR count). The Morgan fingerprint density at radius 3 is 2.57 bits per heavy atom. The van der Waals surface area contributed by atoms with Crippen LogP contribution in [0.25, 0.3) is 11.1 Å². The lowest BCUT2D eigenvalue weighted by Gasteiger charge is -2.37. The van der Waals surface area contributed by atoms with E-state index in [0.717, 1.165) is 36.8 Å². The summed E-state index contributed by atoms with van der Waals surface area (Å²) in [4.78, 5) is 27.1. The van der Waals surface area contributed by atoms with Crippen molar-refractivity contribution in [2.24, 2.45) is 11.8 Å². The Bertz CT molecular complexity index is 1230. The number of sulfonamides is 1. The van der Waals surface area contributed by atoms with E-state index in [1.165, 1.54) is 12.1 Å². The number of rotatable bonds is 8. The molecule has 1 saturated carbocycles. The summed E-state index contributed by atoms with van der Waals surface area (Å²) in [6.45, 7) is 2.43. The van der Waals surface area contributed by atoms with Gasteiger partial charge in [0.05, 0.1) is 22.9 Å². The number of hydrogen-bond acceptors (Lipinski definition) is 4. The molecule has 1 saturated heterocycles. The summed E-state index contributed by atoms with van der Waals surface area (Å²) < 4.78 is 42.4. The molecule has 35 heavy (non-hydrogen) atoms. The van der Waals surface area contributed by atoms with Gasteiger partial charge in [0.15, 0.2) is 11.6 Å². The Kier molecular flexibility index (Phi) is 7.93. The number of likely N-dealkylation sites (tertiary alicyclic amines) is 1. The van der Waals surface area contributed by atoms with Gasteiger partial charge in [0, 0.05) is 19.0 Å². The molecule has 1 N–H and O–H groups in total. The van der Waals surface area contributed by atoms with Gasteiger partial charge in [0.25, 0.3) is 0 Å². The topological polar surface area (TPSA) is 83.6 Å². The van der Waals surface area contributed by atoms with E-state index in [1.54, 1.807) is 4.90 Å². The van der Waals surface area contributed by atoms with Crippen LogP contribution >= 0.6 is 11.6 Å². The summed E-state index contributed by atoms with van der Waals surface area (Å²) in [5, 5.41) is -0.200. The highest BCUT2D eigenvalue weighted by atomic mass is 35.5. The molecule has 0 spiro atoms. The number of halogens is 2. The van der Waals surface area contributed by atoms with Crippen molar-refractivity contribution in [3.8, 4) is 11.1 Å². The second-order valence-electron chi connectivity index (χ2n) is 9.64. The molecule has 2 aromatic carbocycles. The second kappa shape index (κ2) is 10.8. The Hall–Kier alpha value is -2.29. The number of ketones is 1. The summed E-state index contributed by atoms with van der Waals surface area (Å²) in [5.74, 6) is -1.74. The third kappa shape index (κ3) is 6.29. The highest BCUT2D eigenvalue weighted by molar-refractivity contribution is 7.89. The summed E-state index contributed by atoms with van der Waals surface area (Å²) in [6.07, 6.45) is 4.35. The van der Waals surface area contributed by atoms with Crippen LogP contribution in [0.5, 0.6) is 0 Å². The minimum absolute atomic E-state index is 0.0818. The zero-order valence-electron chi connectivity index (χ0n) is 19.7. The highest BCUT2D eigenvalue weighted by Crippen LogP contribution is 2.31. The minimum Gasteiger partial charge on any atom is -0.342 e. The van der Waals surface area contributed by atoms with Crippen molar-refractivity contribution >= 4 is 33.3 Å². The molecule has 2 aliphatic rings. The predicted molar refractivity (Wildman–Crippen MR) is 134 cm³/mol. The standard InChI is InChI=1S/C26H30ClFN2O4S/c1-17-5-2-9-20(11-17)21-12-22(25(28)23(27)13-21)24(31)14-29-35(33,34)16-18-6-4-10-30(15-18)26(32)19-7-3-8-19/h2,5,9,11-13,18-19,29H,3-4,6-8,10,14-16H2,1H3. The molecule has 9 heteroatoms. The van der Waals surface area contributed by atoms with Gasteiger partial charge in [-0.2, -0.15) is 0 Å². The average Bonchev–Trinajstić information content (AvgIpc) is 2.78. The number of carbonyl (C=O) groups excluding carboxylic acids is 2. The van der Waals surface area contributed by atoms with E-state index >= 15 is 0 Å². The maximum Gasteiger partial charge on any atom is 0.225 e. The number of carbonyl (C=O) groups is 2. The number of nitrogens with one attached hydrogen (secondary N) is 1. The molecule has 2 aromatic rings. The van der Waals surface area contributed by atoms with Crippen LogP contribution in [-0.4, -0.2) is 50.4 Å². The molecule has 1 amide bonds. The smallest absolute Gasteiger partial charge is 0.225 e. The van der Waals surface area contributed by atoms with Crippen molar-refractivity contribution in [2.45, 2.75) is 39.0 Å². The Balaban J connectivity index is 1.40. The summed E-state index contributed by atoms with van der Waals surface area (Å²) in [5.41, 5.74) is 2.09. The monoisotopic (exact) mass is 520 g/mol. The lowest BCUT2D eigenvalue weighted by molar-refractivity contribution is -0.139. The first-order valence-corrected chi connectivity index (χ1v) is 14.0. The van der Waals surface area contributed by atoms with E-state index < -0.39 is 28.2 Å². The maximum absolute atomic E-state index is 14.7. The molecular weight excluding hydrogens is 491 g/mol. The number of piperidine rings is 1. The zero-order chi connectivity index (χ0) is 25.2. The molecule has 2 fully saturated rings. The number of aryl methyl sites for hydroxylation is 1. The van der Waals surface area contributed by atoms with E-state index in [9.17, 15) is 22.4 Å². The molecular formula is C26H30ClFN2O4S. The number of Topliss-reactive ketones (excluding diaryl/α,β-unsaturated/α-hetero) is 1. The second-order valence-corrected chi connectivity index (χ2v) is 11.9. The SMILES string of the molecule is Cc1cccc(-c2cc(Cl)c(F)c(C(=O)CNS(=O)(=O)CC3CCCN(C(=O)C4CCC4)C3)c2)c1. The van der Waals surface area contributed by atoms with Gasteiger partial charge < -0.3 is 4.90 Å². The van der Waals surface area contributed by atoms with Gasteiger partial charge in [0.1, 0.15) is 0 Å². The summed E-state index contributed by atoms with van der Waals surface area (Å²) in [6, 6.07) is 10.3. The molecule has 1 unspecified atom stereocenters. The van der Waals surface area contributed by atoms with Gasteiger partial charge in [-0.25, -0.2) is 17.5 Å². The van der Waals surface area contributed by atoms with Crippen molar-refractivity contribution in [2.75, 3.05) is 25.4 Å². The maximum atomic E-state index is 14.7. The van der Waals surface area contributed by atoms with Gasteiger partial charge in [-0.05, 0) is 61.8 Å². The normalized spacial score (nSPS) is 18.8. The molecule has 6 nitrogen and oxygen atoms in total. The molecule has 1 heterocycles. The zero-order valence-corrected chi connectivity index (χ0v) is 21.3. The molecule has 188 valence electrons. The Labute approximate surface area is 210 Å². The van der Waals surface area contributed by atoms with E-state index in [-0.39, 0.29) is 34.1 Å². The van der Waals surface area contributed by atoms with E-state index in [4.69, 9.17) is 11.6 Å². The van der Waals surface area contributed by atoms with Crippen LogP contribution in [0, 0.1) is 24.6 Å². The van der Waals surface area contributed by atoms with Crippen molar-refractivity contribution < 1.29 is 22.4 Å². The average molecular weight is 521 g/mol. The van der Waals surface area contributed by atoms with Crippen molar-refractivity contribution in [3.63, 3.8) is 0 Å². The number of hydrogen-bond donors (Lipinski definition) is 1. The number of nitrogens with zero attached hydrogens (tertiary/aromatic N) is 1. The van der Waals surface area contributed by atoms with Crippen LogP contribution in [0.15, 0.2) is 36.4 Å². The lowest BCUT2D eigenvalue weighted by Crippen LogP contribution is -2.46. The van der Waals surface area contributed by atoms with Gasteiger partial charge in [-0.3, -0.25) is 9.59 Å². The third-order valence-electron chi connectivity index (χ3n) is 6.87. The molecule has 1 aliphatic carbocycles. The van der Waals surface area contributed by atoms with Gasteiger partial charge >= 0.3 is 0 Å². The molecule has 1 aliphatic heterocycles. The van der Waals surface area contributed by atoms with Crippen LogP contribution in [0.1, 0.15) is 48.0 Å². The van der Waals surface area contributed by atoms with Crippen LogP contribution in [0.4, 0.5) is 4.39 Å². The molecule has 0 bridgehead atoms. The first-order valence-electron chi connectivity index (χ1n) is 12.0. The fourth-order valence-electron chi connectivity index (χ4n) is 4.74. The quantitative estimate of drug-likeness (QED) is 0.516. The largest absolute Gasteiger partial charge is 0.342 e. The van der Waals surface area contributed by atoms with Gasteiger partial charge in [-0.1, -0.05) is 47.9 Å². The molecule has 0 radical (unpaired) electrons. The van der Waals surface area contributed by atoms with E-state index in [1.807, 2.05) is 31.2 Å². The third-order valence-corrected chi connectivity index (χ3v) is 8.64. The van der Waals surface area contributed by atoms with Crippen LogP contribution in [0.3, 0.4) is 0 Å². The lowest BCUT2D eigenvalue weighted by atomic mass is 9.83. The van der Waals surface area contributed by atoms with Crippen molar-refractivity contribution in [1.82, 2.24) is 9.62 Å². The first kappa shape index (κ1) is 25.8. The minimum atomic E-state index is -3.80. The predicted octanol–water partition coefficient (Wildman–Crippen LogP) is 4.60. The van der Waals surface area contributed by atoms with Crippen molar-refractivity contribution in [3.05, 3.63) is 58.4 Å². The molecule has 0 aromatic heterocycles. The van der Waals surface area contributed by atoms with Gasteiger partial charge in [0.2, 0.25) is 15.9 Å². The van der Waals surface area contributed by atoms with Crippen LogP contribution in [0.2, 0.25) is 5.02 Å². The summed E-state index contributed by atoms with van der Waals surface area (Å²) in [7, 11) is -3.80. The van der Waals surface area contributed by atoms with Crippen molar-refractivity contribution in [1.29, 1.82) is 0 Å². The van der Waals surface area contributed by atoms with Gasteiger partial charge in [-0.15, -0.1) is 0 Å². The number of benzene rings is 2. The first-order chi connectivity index (χ1) is 16.6. The fraction of sp³-hybridized carbons (Fsp3) is 0.462. The highest BCUT2D eigenvalue weighted by Gasteiger charge is 2.33. The van der Waals surface area contributed by atoms with Crippen LogP contribution < -0.4 is 4.72 Å². The Morgan fingerprint density at radius 1 is 1.11 bits per heavy atom. The molecule has 1 atom stereocenters. The Morgan fingerprint density at radius 2 is 1.89 bits per heavy atom. The van der Waals surface area contributed by atoms with E-state index in [2.05, 4.69) is 4.72 Å². The number of amides is 1.